The molecule has 1 atom stereocenters. The zero-order valence-corrected chi connectivity index (χ0v) is 11.2. The Hall–Kier alpha value is -1.55. The zero-order valence-electron chi connectivity index (χ0n) is 11.2. The molecular formula is C14H21NO3. The van der Waals surface area contributed by atoms with Gasteiger partial charge in [0.25, 0.3) is 0 Å². The van der Waals surface area contributed by atoms with Crippen LogP contribution in [0.3, 0.4) is 0 Å². The third kappa shape index (κ3) is 4.37. The fourth-order valence-corrected chi connectivity index (χ4v) is 1.76. The fraction of sp³-hybridized carbons (Fsp3) is 0.500. The van der Waals surface area contributed by atoms with Crippen LogP contribution in [0.5, 0.6) is 5.75 Å². The molecule has 18 heavy (non-hydrogen) atoms. The molecule has 0 saturated carbocycles. The monoisotopic (exact) mass is 251 g/mol. The lowest BCUT2D eigenvalue weighted by atomic mass is 10.1. The van der Waals surface area contributed by atoms with Crippen LogP contribution in [0.1, 0.15) is 25.3 Å². The largest absolute Gasteiger partial charge is 0.497 e. The van der Waals surface area contributed by atoms with Crippen molar-refractivity contribution < 1.29 is 14.3 Å². The van der Waals surface area contributed by atoms with Gasteiger partial charge in [-0.15, -0.1) is 0 Å². The molecule has 0 radical (unpaired) electrons. The molecule has 0 aliphatic carbocycles. The van der Waals surface area contributed by atoms with Crippen molar-refractivity contribution in [1.82, 2.24) is 5.32 Å². The second-order valence-corrected chi connectivity index (χ2v) is 4.10. The molecule has 1 aromatic rings. The van der Waals surface area contributed by atoms with E-state index in [2.05, 4.69) is 5.32 Å². The van der Waals surface area contributed by atoms with Crippen LogP contribution in [0.15, 0.2) is 24.3 Å². The van der Waals surface area contributed by atoms with Crippen LogP contribution in [0.4, 0.5) is 0 Å². The molecule has 0 saturated heterocycles. The van der Waals surface area contributed by atoms with E-state index in [-0.39, 0.29) is 12.0 Å². The van der Waals surface area contributed by atoms with E-state index >= 15 is 0 Å². The highest BCUT2D eigenvalue weighted by Gasteiger charge is 2.16. The number of nitrogens with one attached hydrogen (secondary N) is 1. The summed E-state index contributed by atoms with van der Waals surface area (Å²) in [5.41, 5.74) is 1.08. The second-order valence-electron chi connectivity index (χ2n) is 4.10. The minimum absolute atomic E-state index is 0.209. The van der Waals surface area contributed by atoms with E-state index in [4.69, 9.17) is 9.47 Å². The van der Waals surface area contributed by atoms with Crippen LogP contribution in [0.2, 0.25) is 0 Å². The van der Waals surface area contributed by atoms with E-state index < -0.39 is 0 Å². The molecular weight excluding hydrogens is 230 g/mol. The predicted octanol–water partition coefficient (Wildman–Crippen LogP) is 2.13. The molecule has 100 valence electrons. The first kappa shape index (κ1) is 14.5. The minimum Gasteiger partial charge on any atom is -0.497 e. The molecule has 0 fully saturated rings. The Labute approximate surface area is 108 Å². The third-order valence-corrected chi connectivity index (χ3v) is 2.75. The van der Waals surface area contributed by atoms with Crippen molar-refractivity contribution in [3.8, 4) is 5.75 Å². The molecule has 1 unspecified atom stereocenters. The summed E-state index contributed by atoms with van der Waals surface area (Å²) in [7, 11) is 3.05. The SMILES string of the molecule is CCCC(NCc1cccc(OC)c1)C(=O)OC. The summed E-state index contributed by atoms with van der Waals surface area (Å²) in [6.45, 7) is 2.67. The smallest absolute Gasteiger partial charge is 0.322 e. The average Bonchev–Trinajstić information content (AvgIpc) is 2.42. The molecule has 1 aromatic carbocycles. The van der Waals surface area contributed by atoms with Gasteiger partial charge in [0.15, 0.2) is 0 Å². The second kappa shape index (κ2) is 7.71. The molecule has 0 aliphatic heterocycles. The number of carbonyl (C=O) groups excluding carboxylic acids is 1. The van der Waals surface area contributed by atoms with Gasteiger partial charge in [-0.3, -0.25) is 4.79 Å². The highest BCUT2D eigenvalue weighted by Crippen LogP contribution is 2.12. The van der Waals surface area contributed by atoms with Crippen molar-refractivity contribution in [2.24, 2.45) is 0 Å². The van der Waals surface area contributed by atoms with Gasteiger partial charge in [-0.2, -0.15) is 0 Å². The number of hydrogen-bond donors (Lipinski definition) is 1. The summed E-state index contributed by atoms with van der Waals surface area (Å²) in [4.78, 5) is 11.5. The van der Waals surface area contributed by atoms with Gasteiger partial charge in [-0.1, -0.05) is 25.5 Å². The zero-order chi connectivity index (χ0) is 13.4. The first-order valence-electron chi connectivity index (χ1n) is 6.15. The van der Waals surface area contributed by atoms with E-state index in [1.165, 1.54) is 7.11 Å². The van der Waals surface area contributed by atoms with Crippen LogP contribution in [0, 0.1) is 0 Å². The van der Waals surface area contributed by atoms with Gasteiger partial charge in [0.05, 0.1) is 14.2 Å². The molecule has 1 N–H and O–H groups in total. The van der Waals surface area contributed by atoms with Gasteiger partial charge < -0.3 is 14.8 Å². The molecule has 0 amide bonds. The topological polar surface area (TPSA) is 47.6 Å². The average molecular weight is 251 g/mol. The highest BCUT2D eigenvalue weighted by atomic mass is 16.5. The molecule has 4 heteroatoms. The highest BCUT2D eigenvalue weighted by molar-refractivity contribution is 5.75. The number of methoxy groups -OCH3 is 2. The van der Waals surface area contributed by atoms with Gasteiger partial charge in [-0.05, 0) is 24.1 Å². The van der Waals surface area contributed by atoms with Crippen LogP contribution in [-0.4, -0.2) is 26.2 Å². The van der Waals surface area contributed by atoms with Crippen molar-refractivity contribution >= 4 is 5.97 Å². The summed E-state index contributed by atoms with van der Waals surface area (Å²) < 4.78 is 9.93. The maximum atomic E-state index is 11.5. The Morgan fingerprint density at radius 2 is 2.17 bits per heavy atom. The van der Waals surface area contributed by atoms with E-state index in [9.17, 15) is 4.79 Å². The van der Waals surface area contributed by atoms with Crippen molar-refractivity contribution in [2.45, 2.75) is 32.4 Å². The maximum Gasteiger partial charge on any atom is 0.322 e. The minimum atomic E-state index is -0.244. The van der Waals surface area contributed by atoms with Crippen LogP contribution < -0.4 is 10.1 Å². The van der Waals surface area contributed by atoms with Gasteiger partial charge in [0.1, 0.15) is 11.8 Å². The molecule has 1 rings (SSSR count). The van der Waals surface area contributed by atoms with E-state index in [1.54, 1.807) is 7.11 Å². The predicted molar refractivity (Wildman–Crippen MR) is 70.5 cm³/mol. The molecule has 4 nitrogen and oxygen atoms in total. The number of carbonyl (C=O) groups is 1. The summed E-state index contributed by atoms with van der Waals surface area (Å²) in [6.07, 6.45) is 1.71. The summed E-state index contributed by atoms with van der Waals surface area (Å²) in [6, 6.07) is 7.53. The van der Waals surface area contributed by atoms with Crippen molar-refractivity contribution in [1.29, 1.82) is 0 Å². The van der Waals surface area contributed by atoms with Crippen molar-refractivity contribution in [3.63, 3.8) is 0 Å². The lowest BCUT2D eigenvalue weighted by Gasteiger charge is -2.15. The normalized spacial score (nSPS) is 11.9. The molecule has 0 spiro atoms. The Balaban J connectivity index is 2.57. The van der Waals surface area contributed by atoms with Crippen LogP contribution in [0.25, 0.3) is 0 Å². The summed E-state index contributed by atoms with van der Waals surface area (Å²) in [5.74, 6) is 0.610. The number of benzene rings is 1. The summed E-state index contributed by atoms with van der Waals surface area (Å²) in [5, 5.41) is 3.21. The third-order valence-electron chi connectivity index (χ3n) is 2.75. The Bertz CT molecular complexity index is 379. The maximum absolute atomic E-state index is 11.5. The molecule has 0 aliphatic rings. The lowest BCUT2D eigenvalue weighted by molar-refractivity contribution is -0.143. The fourth-order valence-electron chi connectivity index (χ4n) is 1.76. The first-order valence-corrected chi connectivity index (χ1v) is 6.15. The Kier molecular flexibility index (Phi) is 6.22. The van der Waals surface area contributed by atoms with Gasteiger partial charge >= 0.3 is 5.97 Å². The van der Waals surface area contributed by atoms with Crippen LogP contribution in [-0.2, 0) is 16.1 Å². The van der Waals surface area contributed by atoms with Gasteiger partial charge in [0.2, 0.25) is 0 Å². The number of hydrogen-bond acceptors (Lipinski definition) is 4. The van der Waals surface area contributed by atoms with Gasteiger partial charge in [-0.25, -0.2) is 0 Å². The number of esters is 1. The quantitative estimate of drug-likeness (QED) is 0.754. The van der Waals surface area contributed by atoms with Crippen LogP contribution >= 0.6 is 0 Å². The van der Waals surface area contributed by atoms with E-state index in [1.807, 2.05) is 31.2 Å². The lowest BCUT2D eigenvalue weighted by Crippen LogP contribution is -2.37. The number of ether oxygens (including phenoxy) is 2. The van der Waals surface area contributed by atoms with E-state index in [0.717, 1.165) is 24.2 Å². The molecule has 0 heterocycles. The standard InChI is InChI=1S/C14H21NO3/c1-4-6-13(14(16)18-3)15-10-11-7-5-8-12(9-11)17-2/h5,7-9,13,15H,4,6,10H2,1-3H3. The van der Waals surface area contributed by atoms with Crippen molar-refractivity contribution in [3.05, 3.63) is 29.8 Å². The van der Waals surface area contributed by atoms with E-state index in [0.29, 0.717) is 6.54 Å². The Morgan fingerprint density at radius 1 is 1.39 bits per heavy atom. The molecule has 0 bridgehead atoms. The van der Waals surface area contributed by atoms with Crippen molar-refractivity contribution in [2.75, 3.05) is 14.2 Å². The number of rotatable bonds is 7. The summed E-state index contributed by atoms with van der Waals surface area (Å²) >= 11 is 0. The van der Waals surface area contributed by atoms with Gasteiger partial charge in [0, 0.05) is 6.54 Å². The first-order chi connectivity index (χ1) is 8.71. The molecule has 0 aromatic heterocycles. The Morgan fingerprint density at radius 3 is 2.78 bits per heavy atom.